The van der Waals surface area contributed by atoms with E-state index in [4.69, 9.17) is 5.14 Å². The monoisotopic (exact) mass is 424 g/mol. The van der Waals surface area contributed by atoms with Crippen LogP contribution in [0.5, 0.6) is 0 Å². The second-order valence-corrected chi connectivity index (χ2v) is 9.16. The molecule has 3 aromatic rings. The molecule has 0 bridgehead atoms. The zero-order valence-electron chi connectivity index (χ0n) is 16.8. The highest BCUT2D eigenvalue weighted by Gasteiger charge is 2.32. The van der Waals surface area contributed by atoms with E-state index in [1.165, 1.54) is 0 Å². The first-order valence-corrected chi connectivity index (χ1v) is 11.4. The van der Waals surface area contributed by atoms with Gasteiger partial charge in [0.1, 0.15) is 0 Å². The molecular weight excluding hydrogens is 400 g/mol. The summed E-state index contributed by atoms with van der Waals surface area (Å²) in [5.41, 5.74) is 2.19. The predicted molar refractivity (Wildman–Crippen MR) is 117 cm³/mol. The molecule has 0 aliphatic heterocycles. The zero-order valence-corrected chi connectivity index (χ0v) is 17.6. The highest BCUT2D eigenvalue weighted by molar-refractivity contribution is 7.89. The van der Waals surface area contributed by atoms with Gasteiger partial charge in [0.05, 0.1) is 4.90 Å². The summed E-state index contributed by atoms with van der Waals surface area (Å²) in [5.74, 6) is 1.45. The molecule has 1 saturated carbocycles. The molecule has 0 spiro atoms. The molecule has 1 aliphatic carbocycles. The minimum Gasteiger partial charge on any atom is -0.352 e. The van der Waals surface area contributed by atoms with Crippen molar-refractivity contribution in [2.75, 3.05) is 10.6 Å². The molecule has 156 valence electrons. The van der Waals surface area contributed by atoms with Gasteiger partial charge < -0.3 is 10.6 Å². The zero-order chi connectivity index (χ0) is 21.3. The lowest BCUT2D eigenvalue weighted by molar-refractivity contribution is 0.596. The minimum absolute atomic E-state index is 0.136. The summed E-state index contributed by atoms with van der Waals surface area (Å²) < 4.78 is 24.2. The Bertz CT molecular complexity index is 1160. The molecule has 2 aromatic carbocycles. The first-order valence-electron chi connectivity index (χ1n) is 9.82. The highest BCUT2D eigenvalue weighted by Crippen LogP contribution is 2.46. The van der Waals surface area contributed by atoms with E-state index in [2.05, 4.69) is 25.6 Å². The van der Waals surface area contributed by atoms with Gasteiger partial charge in [0, 0.05) is 17.3 Å². The number of nitrogens with two attached hydrogens (primary N) is 1. The maximum Gasteiger partial charge on any atom is 0.238 e. The Labute approximate surface area is 176 Å². The number of rotatable bonds is 7. The van der Waals surface area contributed by atoms with Gasteiger partial charge in [-0.3, -0.25) is 0 Å². The second-order valence-electron chi connectivity index (χ2n) is 7.63. The Kier molecular flexibility index (Phi) is 5.40. The number of primary sulfonamides is 1. The molecule has 1 fully saturated rings. The van der Waals surface area contributed by atoms with Crippen molar-refractivity contribution < 1.29 is 8.42 Å². The molecule has 4 rings (SSSR count). The van der Waals surface area contributed by atoms with Crippen molar-refractivity contribution in [3.63, 3.8) is 0 Å². The smallest absolute Gasteiger partial charge is 0.238 e. The van der Waals surface area contributed by atoms with Crippen molar-refractivity contribution in [1.29, 1.82) is 0 Å². The summed E-state index contributed by atoms with van der Waals surface area (Å²) in [5, 5.41) is 11.9. The van der Waals surface area contributed by atoms with Crippen molar-refractivity contribution in [1.82, 2.24) is 15.0 Å². The fraction of sp³-hybridized carbons (Fsp3) is 0.286. The molecule has 0 saturated heterocycles. The molecule has 1 aromatic heterocycles. The molecule has 8 nitrogen and oxygen atoms in total. The number of aromatic nitrogens is 3. The number of anilines is 3. The number of nitrogens with zero attached hydrogens (tertiary/aromatic N) is 3. The molecular formula is C21H24N6O2S. The highest BCUT2D eigenvalue weighted by atomic mass is 32.2. The van der Waals surface area contributed by atoms with E-state index in [1.54, 1.807) is 12.1 Å². The van der Waals surface area contributed by atoms with Crippen LogP contribution in [0.3, 0.4) is 0 Å². The van der Waals surface area contributed by atoms with Gasteiger partial charge in [0.25, 0.3) is 0 Å². The number of nitrogens with one attached hydrogen (secondary N) is 2. The van der Waals surface area contributed by atoms with Crippen LogP contribution in [0, 0.1) is 0 Å². The lowest BCUT2D eigenvalue weighted by atomic mass is 10.1. The first-order chi connectivity index (χ1) is 14.3. The van der Waals surface area contributed by atoms with Gasteiger partial charge in [-0.05, 0) is 50.3 Å². The fourth-order valence-electron chi connectivity index (χ4n) is 3.29. The van der Waals surface area contributed by atoms with Crippen LogP contribution in [0.2, 0.25) is 0 Å². The molecule has 0 unspecified atom stereocenters. The summed E-state index contributed by atoms with van der Waals surface area (Å²) >= 11 is 0. The second kappa shape index (κ2) is 8.00. The molecule has 30 heavy (non-hydrogen) atoms. The largest absolute Gasteiger partial charge is 0.352 e. The molecule has 4 N–H and O–H groups in total. The van der Waals surface area contributed by atoms with Gasteiger partial charge in [-0.2, -0.15) is 15.0 Å². The number of hydrogen-bond donors (Lipinski definition) is 3. The molecule has 1 heterocycles. The lowest BCUT2D eigenvalue weighted by Gasteiger charge is -2.16. The van der Waals surface area contributed by atoms with E-state index >= 15 is 0 Å². The van der Waals surface area contributed by atoms with E-state index in [-0.39, 0.29) is 16.9 Å². The Hall–Kier alpha value is -3.04. The van der Waals surface area contributed by atoms with Crippen molar-refractivity contribution in [2.45, 2.75) is 43.5 Å². The Morgan fingerprint density at radius 1 is 0.967 bits per heavy atom. The van der Waals surface area contributed by atoms with Crippen molar-refractivity contribution in [3.8, 4) is 11.4 Å². The van der Waals surface area contributed by atoms with Crippen molar-refractivity contribution >= 4 is 27.6 Å². The normalized spacial score (nSPS) is 14.0. The number of benzene rings is 2. The van der Waals surface area contributed by atoms with E-state index < -0.39 is 10.0 Å². The molecule has 0 amide bonds. The van der Waals surface area contributed by atoms with Crippen LogP contribution >= 0.6 is 0 Å². The topological polar surface area (TPSA) is 123 Å². The van der Waals surface area contributed by atoms with Gasteiger partial charge in [0.2, 0.25) is 21.9 Å². The summed E-state index contributed by atoms with van der Waals surface area (Å²) in [6.07, 6.45) is 1.85. The van der Waals surface area contributed by atoms with Crippen LogP contribution < -0.4 is 15.8 Å². The van der Waals surface area contributed by atoms with Crippen molar-refractivity contribution in [3.05, 3.63) is 54.1 Å². The maximum atomic E-state index is 12.1. The number of sulfonamides is 1. The van der Waals surface area contributed by atoms with Crippen LogP contribution in [0.1, 0.15) is 38.2 Å². The quantitative estimate of drug-likeness (QED) is 0.529. The minimum atomic E-state index is -3.83. The van der Waals surface area contributed by atoms with Gasteiger partial charge in [-0.25, -0.2) is 13.6 Å². The summed E-state index contributed by atoms with van der Waals surface area (Å²) in [7, 11) is -3.83. The Balaban J connectivity index is 1.78. The Morgan fingerprint density at radius 2 is 1.67 bits per heavy atom. The fourth-order valence-corrected chi connectivity index (χ4v) is 4.14. The predicted octanol–water partition coefficient (Wildman–Crippen LogP) is 3.63. The van der Waals surface area contributed by atoms with Gasteiger partial charge in [0.15, 0.2) is 5.82 Å². The third-order valence-corrected chi connectivity index (χ3v) is 5.66. The van der Waals surface area contributed by atoms with Crippen LogP contribution in [-0.4, -0.2) is 29.4 Å². The molecule has 0 atom stereocenters. The number of hydrogen-bond acceptors (Lipinski definition) is 7. The molecule has 0 radical (unpaired) electrons. The van der Waals surface area contributed by atoms with Crippen LogP contribution in [-0.2, 0) is 10.0 Å². The molecule has 9 heteroatoms. The average molecular weight is 425 g/mol. The van der Waals surface area contributed by atoms with Crippen LogP contribution in [0.15, 0.2) is 53.4 Å². The third kappa shape index (κ3) is 4.58. The lowest BCUT2D eigenvalue weighted by Crippen LogP contribution is -2.16. The molecule has 1 aliphatic rings. The third-order valence-electron chi connectivity index (χ3n) is 4.69. The van der Waals surface area contributed by atoms with Gasteiger partial charge >= 0.3 is 0 Å². The van der Waals surface area contributed by atoms with E-state index in [0.29, 0.717) is 29.0 Å². The van der Waals surface area contributed by atoms with Gasteiger partial charge in [-0.1, -0.05) is 36.4 Å². The SMILES string of the molecule is CC(C)Nc1nc(Nc2cccc(S(N)(=O)=O)c2C2CC2)nc(-c2ccccc2)n1. The van der Waals surface area contributed by atoms with Crippen LogP contribution in [0.4, 0.5) is 17.6 Å². The van der Waals surface area contributed by atoms with Gasteiger partial charge in [-0.15, -0.1) is 0 Å². The average Bonchev–Trinajstić information content (AvgIpc) is 3.52. The van der Waals surface area contributed by atoms with E-state index in [1.807, 2.05) is 50.2 Å². The van der Waals surface area contributed by atoms with Crippen LogP contribution in [0.25, 0.3) is 11.4 Å². The summed E-state index contributed by atoms with van der Waals surface area (Å²) in [6.45, 7) is 4.00. The van der Waals surface area contributed by atoms with Crippen molar-refractivity contribution in [2.24, 2.45) is 5.14 Å². The van der Waals surface area contributed by atoms with E-state index in [0.717, 1.165) is 18.4 Å². The Morgan fingerprint density at radius 3 is 2.30 bits per heavy atom. The summed E-state index contributed by atoms with van der Waals surface area (Å²) in [6, 6.07) is 14.8. The van der Waals surface area contributed by atoms with E-state index in [9.17, 15) is 8.42 Å². The summed E-state index contributed by atoms with van der Waals surface area (Å²) in [4.78, 5) is 13.7. The standard InChI is InChI=1S/C21H24N6O2S/c1-13(2)23-20-25-19(15-7-4-3-5-8-15)26-21(27-20)24-16-9-6-10-17(30(22,28)29)18(16)14-11-12-14/h3-10,13-14H,11-12H2,1-2H3,(H2,22,28,29)(H2,23,24,25,26,27). The first kappa shape index (κ1) is 20.2. The maximum absolute atomic E-state index is 12.1.